The van der Waals surface area contributed by atoms with Gasteiger partial charge in [-0.15, -0.1) is 0 Å². The second-order valence-corrected chi connectivity index (χ2v) is 8.18. The molecule has 148 valence electrons. The van der Waals surface area contributed by atoms with Gasteiger partial charge in [-0.3, -0.25) is 0 Å². The number of anilines is 1. The molecule has 1 aliphatic rings. The Hall–Kier alpha value is -2.63. The van der Waals surface area contributed by atoms with Crippen LogP contribution in [0.2, 0.25) is 0 Å². The van der Waals surface area contributed by atoms with E-state index in [1.807, 2.05) is 0 Å². The summed E-state index contributed by atoms with van der Waals surface area (Å²) in [7, 11) is 0. The van der Waals surface area contributed by atoms with Gasteiger partial charge in [-0.1, -0.05) is 40.4 Å². The maximum Gasteiger partial charge on any atom is 0.237 e. The monoisotopic (exact) mass is 430 g/mol. The van der Waals surface area contributed by atoms with Crippen molar-refractivity contribution in [3.05, 3.63) is 42.3 Å². The van der Waals surface area contributed by atoms with Gasteiger partial charge in [0.1, 0.15) is 21.9 Å². The van der Waals surface area contributed by atoms with E-state index in [-0.39, 0.29) is 5.82 Å². The van der Waals surface area contributed by atoms with Gasteiger partial charge in [-0.25, -0.2) is 14.4 Å². The third kappa shape index (κ3) is 3.93. The van der Waals surface area contributed by atoms with Gasteiger partial charge in [-0.2, -0.15) is 9.97 Å². The average Bonchev–Trinajstić information content (AvgIpc) is 3.40. The number of fused-ring (bicyclic) bond motifs is 1. The topological polar surface area (TPSA) is 90.1 Å². The standard InChI is InChI=1S/C18H15FN6O2S2/c19-12-3-1-2-11(8-12)15-22-13(27-24-15)9-28-17-14-16(20-10-21-17)23-18(29-14)25-4-6-26-7-5-25/h1-3,8,10H,4-7,9H2. The van der Waals surface area contributed by atoms with Gasteiger partial charge in [0.2, 0.25) is 11.7 Å². The van der Waals surface area contributed by atoms with Crippen LogP contribution in [0.5, 0.6) is 0 Å². The number of halogens is 1. The van der Waals surface area contributed by atoms with E-state index in [4.69, 9.17) is 9.26 Å². The van der Waals surface area contributed by atoms with E-state index in [2.05, 4.69) is 30.0 Å². The van der Waals surface area contributed by atoms with Gasteiger partial charge >= 0.3 is 0 Å². The van der Waals surface area contributed by atoms with Crippen LogP contribution in [0.1, 0.15) is 5.89 Å². The van der Waals surface area contributed by atoms with Gasteiger partial charge in [0.25, 0.3) is 0 Å². The van der Waals surface area contributed by atoms with Gasteiger partial charge in [0.15, 0.2) is 10.8 Å². The van der Waals surface area contributed by atoms with Crippen molar-refractivity contribution in [1.82, 2.24) is 25.1 Å². The Morgan fingerprint density at radius 2 is 2.07 bits per heavy atom. The van der Waals surface area contributed by atoms with Gasteiger partial charge in [0.05, 0.1) is 19.0 Å². The van der Waals surface area contributed by atoms with Crippen LogP contribution < -0.4 is 4.90 Å². The number of benzene rings is 1. The smallest absolute Gasteiger partial charge is 0.237 e. The summed E-state index contributed by atoms with van der Waals surface area (Å²) in [6.07, 6.45) is 1.51. The molecule has 11 heteroatoms. The summed E-state index contributed by atoms with van der Waals surface area (Å²) >= 11 is 3.05. The fourth-order valence-corrected chi connectivity index (χ4v) is 4.88. The normalized spacial score (nSPS) is 14.6. The molecule has 0 saturated carbocycles. The largest absolute Gasteiger partial charge is 0.378 e. The zero-order chi connectivity index (χ0) is 19.6. The Bertz CT molecular complexity index is 1140. The maximum atomic E-state index is 13.4. The lowest BCUT2D eigenvalue weighted by atomic mass is 10.2. The highest BCUT2D eigenvalue weighted by Gasteiger charge is 2.19. The molecule has 1 saturated heterocycles. The minimum absolute atomic E-state index is 0.340. The second kappa shape index (κ2) is 8.01. The lowest BCUT2D eigenvalue weighted by Crippen LogP contribution is -2.36. The number of nitrogens with zero attached hydrogens (tertiary/aromatic N) is 6. The molecule has 4 heterocycles. The SMILES string of the molecule is Fc1cccc(-c2noc(CSc3ncnc4nc(N5CCOCC5)sc34)n2)c1. The van der Waals surface area contributed by atoms with Crippen molar-refractivity contribution in [2.24, 2.45) is 0 Å². The van der Waals surface area contributed by atoms with Gasteiger partial charge < -0.3 is 14.2 Å². The molecule has 1 aromatic carbocycles. The molecule has 0 bridgehead atoms. The predicted octanol–water partition coefficient (Wildman–Crippen LogP) is 3.40. The molecule has 0 N–H and O–H groups in total. The number of rotatable bonds is 5. The third-order valence-corrected chi connectivity index (χ3v) is 6.53. The quantitative estimate of drug-likeness (QED) is 0.349. The molecule has 3 aromatic heterocycles. The number of hydrogen-bond donors (Lipinski definition) is 0. The zero-order valence-electron chi connectivity index (χ0n) is 15.1. The van der Waals surface area contributed by atoms with Crippen LogP contribution in [0.4, 0.5) is 9.52 Å². The van der Waals surface area contributed by atoms with E-state index < -0.39 is 0 Å². The Labute approximate surface area is 173 Å². The number of thioether (sulfide) groups is 1. The van der Waals surface area contributed by atoms with Crippen molar-refractivity contribution in [3.63, 3.8) is 0 Å². The third-order valence-electron chi connectivity index (χ3n) is 4.31. The Balaban J connectivity index is 1.34. The van der Waals surface area contributed by atoms with Crippen molar-refractivity contribution in [2.45, 2.75) is 10.8 Å². The van der Waals surface area contributed by atoms with E-state index >= 15 is 0 Å². The predicted molar refractivity (Wildman–Crippen MR) is 107 cm³/mol. The molecule has 0 spiro atoms. The Kier molecular flexibility index (Phi) is 5.08. The first-order chi connectivity index (χ1) is 14.3. The molecular weight excluding hydrogens is 415 g/mol. The second-order valence-electron chi connectivity index (χ2n) is 6.24. The first-order valence-corrected chi connectivity index (χ1v) is 10.7. The molecule has 0 unspecified atom stereocenters. The van der Waals surface area contributed by atoms with Gasteiger partial charge in [0, 0.05) is 18.7 Å². The van der Waals surface area contributed by atoms with Crippen molar-refractivity contribution < 1.29 is 13.7 Å². The van der Waals surface area contributed by atoms with Crippen molar-refractivity contribution in [3.8, 4) is 11.4 Å². The van der Waals surface area contributed by atoms with Crippen molar-refractivity contribution >= 4 is 38.6 Å². The summed E-state index contributed by atoms with van der Waals surface area (Å²) < 4.78 is 25.0. The molecule has 0 atom stereocenters. The number of ether oxygens (including phenoxy) is 1. The highest BCUT2D eigenvalue weighted by Crippen LogP contribution is 2.35. The van der Waals surface area contributed by atoms with Crippen LogP contribution in [-0.2, 0) is 10.5 Å². The number of morpholine rings is 1. The summed E-state index contributed by atoms with van der Waals surface area (Å²) in [6.45, 7) is 3.04. The highest BCUT2D eigenvalue weighted by atomic mass is 32.2. The van der Waals surface area contributed by atoms with Crippen LogP contribution in [-0.4, -0.2) is 51.4 Å². The van der Waals surface area contributed by atoms with E-state index in [1.54, 1.807) is 23.5 Å². The Morgan fingerprint density at radius 3 is 2.93 bits per heavy atom. The van der Waals surface area contributed by atoms with Crippen molar-refractivity contribution in [1.29, 1.82) is 0 Å². The van der Waals surface area contributed by atoms with E-state index in [9.17, 15) is 4.39 Å². The molecule has 0 radical (unpaired) electrons. The fourth-order valence-electron chi connectivity index (χ4n) is 2.90. The average molecular weight is 430 g/mol. The molecule has 0 aliphatic carbocycles. The zero-order valence-corrected chi connectivity index (χ0v) is 16.7. The number of aromatic nitrogens is 5. The minimum atomic E-state index is -0.340. The lowest BCUT2D eigenvalue weighted by Gasteiger charge is -2.25. The molecule has 0 amide bonds. The highest BCUT2D eigenvalue weighted by molar-refractivity contribution is 7.98. The van der Waals surface area contributed by atoms with Crippen molar-refractivity contribution in [2.75, 3.05) is 31.2 Å². The molecule has 5 rings (SSSR count). The van der Waals surface area contributed by atoms with Gasteiger partial charge in [-0.05, 0) is 12.1 Å². The first kappa shape index (κ1) is 18.4. The molecule has 8 nitrogen and oxygen atoms in total. The molecule has 1 aliphatic heterocycles. The lowest BCUT2D eigenvalue weighted by molar-refractivity contribution is 0.122. The summed E-state index contributed by atoms with van der Waals surface area (Å²) in [5.74, 6) is 0.909. The van der Waals surface area contributed by atoms with Crippen LogP contribution in [0.15, 0.2) is 40.1 Å². The van der Waals surface area contributed by atoms with E-state index in [1.165, 1.54) is 30.2 Å². The minimum Gasteiger partial charge on any atom is -0.378 e. The summed E-state index contributed by atoms with van der Waals surface area (Å²) in [6, 6.07) is 6.10. The summed E-state index contributed by atoms with van der Waals surface area (Å²) in [5.41, 5.74) is 1.26. The first-order valence-electron chi connectivity index (χ1n) is 8.92. The molecule has 29 heavy (non-hydrogen) atoms. The van der Waals surface area contributed by atoms with E-state index in [0.29, 0.717) is 41.9 Å². The maximum absolute atomic E-state index is 13.4. The Morgan fingerprint density at radius 1 is 1.17 bits per heavy atom. The van der Waals surface area contributed by atoms with Crippen LogP contribution >= 0.6 is 23.1 Å². The van der Waals surface area contributed by atoms with Crippen LogP contribution in [0, 0.1) is 5.82 Å². The summed E-state index contributed by atoms with van der Waals surface area (Å²) in [5, 5.41) is 5.69. The molecule has 1 fully saturated rings. The number of thiazole rings is 1. The fraction of sp³-hybridized carbons (Fsp3) is 0.278. The summed E-state index contributed by atoms with van der Waals surface area (Å²) in [4.78, 5) is 19.9. The van der Waals surface area contributed by atoms with Crippen LogP contribution in [0.25, 0.3) is 21.7 Å². The van der Waals surface area contributed by atoms with Crippen LogP contribution in [0.3, 0.4) is 0 Å². The number of hydrogen-bond acceptors (Lipinski definition) is 10. The molecular formula is C18H15FN6O2S2. The molecule has 4 aromatic rings. The van der Waals surface area contributed by atoms with E-state index in [0.717, 1.165) is 27.9 Å².